The molecule has 2 aromatic rings. The Bertz CT molecular complexity index is 862. The molecule has 0 bridgehead atoms. The molecule has 0 spiro atoms. The van der Waals surface area contributed by atoms with Crippen LogP contribution in [0.1, 0.15) is 26.3 Å². The second-order valence-corrected chi connectivity index (χ2v) is 6.70. The lowest BCUT2D eigenvalue weighted by Crippen LogP contribution is -2.43. The first-order valence-corrected chi connectivity index (χ1v) is 9.00. The average molecular weight is 385 g/mol. The molecule has 1 N–H and O–H groups in total. The number of halogens is 1. The molecule has 3 rings (SSSR count). The second-order valence-electron chi connectivity index (χ2n) is 6.27. The van der Waals surface area contributed by atoms with E-state index >= 15 is 0 Å². The maximum Gasteiger partial charge on any atom is 0.261 e. The number of nitrogens with zero attached hydrogens (tertiary/aromatic N) is 3. The van der Waals surface area contributed by atoms with Gasteiger partial charge in [0.1, 0.15) is 0 Å². The number of carbonyl (C=O) groups is 2. The standard InChI is InChI=1S/C20H21ClN4O2/c1-22-20(24(2)13-14-6-5-7-15(21)12-14)23-10-11-25-18(26)16-8-3-4-9-17(16)19(25)27/h3-9,12H,10-11,13H2,1-2H3,(H,22,23). The van der Waals surface area contributed by atoms with E-state index in [-0.39, 0.29) is 18.4 Å². The summed E-state index contributed by atoms with van der Waals surface area (Å²) < 4.78 is 0. The molecule has 6 nitrogen and oxygen atoms in total. The molecular formula is C20H21ClN4O2. The van der Waals surface area contributed by atoms with Gasteiger partial charge >= 0.3 is 0 Å². The van der Waals surface area contributed by atoms with E-state index in [2.05, 4.69) is 10.3 Å². The van der Waals surface area contributed by atoms with Crippen LogP contribution in [0.5, 0.6) is 0 Å². The minimum atomic E-state index is -0.250. The van der Waals surface area contributed by atoms with Gasteiger partial charge in [-0.3, -0.25) is 19.5 Å². The number of carbonyl (C=O) groups excluding carboxylic acids is 2. The van der Waals surface area contributed by atoms with Crippen molar-refractivity contribution in [3.05, 3.63) is 70.2 Å². The third-order valence-electron chi connectivity index (χ3n) is 4.38. The predicted molar refractivity (Wildman–Crippen MR) is 106 cm³/mol. The quantitative estimate of drug-likeness (QED) is 0.489. The molecule has 0 saturated carbocycles. The average Bonchev–Trinajstić information content (AvgIpc) is 2.90. The first-order chi connectivity index (χ1) is 13.0. The summed E-state index contributed by atoms with van der Waals surface area (Å²) in [5.41, 5.74) is 1.99. The van der Waals surface area contributed by atoms with Crippen molar-refractivity contribution in [2.24, 2.45) is 4.99 Å². The summed E-state index contributed by atoms with van der Waals surface area (Å²) >= 11 is 6.03. The molecular weight excluding hydrogens is 364 g/mol. The Kier molecular flexibility index (Phi) is 5.76. The summed E-state index contributed by atoms with van der Waals surface area (Å²) in [7, 11) is 3.61. The molecule has 0 unspecified atom stereocenters. The maximum absolute atomic E-state index is 12.4. The van der Waals surface area contributed by atoms with Gasteiger partial charge in [0, 0.05) is 38.8 Å². The number of fused-ring (bicyclic) bond motifs is 1. The predicted octanol–water partition coefficient (Wildman–Crippen LogP) is 2.64. The lowest BCUT2D eigenvalue weighted by molar-refractivity contribution is 0.0657. The largest absolute Gasteiger partial charge is 0.354 e. The van der Waals surface area contributed by atoms with Crippen LogP contribution in [-0.2, 0) is 6.54 Å². The van der Waals surface area contributed by atoms with Gasteiger partial charge in [-0.05, 0) is 29.8 Å². The van der Waals surface area contributed by atoms with E-state index in [1.807, 2.05) is 36.2 Å². The Hall–Kier alpha value is -2.86. The van der Waals surface area contributed by atoms with Gasteiger partial charge in [0.25, 0.3) is 11.8 Å². The summed E-state index contributed by atoms with van der Waals surface area (Å²) in [5, 5.41) is 3.88. The number of nitrogens with one attached hydrogen (secondary N) is 1. The molecule has 0 saturated heterocycles. The number of hydrogen-bond acceptors (Lipinski definition) is 3. The molecule has 27 heavy (non-hydrogen) atoms. The molecule has 140 valence electrons. The van der Waals surface area contributed by atoms with E-state index in [1.54, 1.807) is 31.3 Å². The van der Waals surface area contributed by atoms with Gasteiger partial charge in [-0.1, -0.05) is 35.9 Å². The highest BCUT2D eigenvalue weighted by atomic mass is 35.5. The van der Waals surface area contributed by atoms with Crippen LogP contribution in [0.4, 0.5) is 0 Å². The molecule has 0 fully saturated rings. The molecule has 2 amide bonds. The summed E-state index contributed by atoms with van der Waals surface area (Å²) in [6, 6.07) is 14.5. The molecule has 1 heterocycles. The SMILES string of the molecule is CN=C(NCCN1C(=O)c2ccccc2C1=O)N(C)Cc1cccc(Cl)c1. The van der Waals surface area contributed by atoms with E-state index in [1.165, 1.54) is 4.90 Å². The zero-order valence-corrected chi connectivity index (χ0v) is 16.0. The van der Waals surface area contributed by atoms with Crippen molar-refractivity contribution >= 4 is 29.4 Å². The number of imide groups is 1. The highest BCUT2D eigenvalue weighted by Crippen LogP contribution is 2.21. The monoisotopic (exact) mass is 384 g/mol. The van der Waals surface area contributed by atoms with Crippen molar-refractivity contribution < 1.29 is 9.59 Å². The van der Waals surface area contributed by atoms with Crippen LogP contribution >= 0.6 is 11.6 Å². The first kappa shape index (κ1) is 18.9. The zero-order valence-electron chi connectivity index (χ0n) is 15.3. The highest BCUT2D eigenvalue weighted by Gasteiger charge is 2.34. The fourth-order valence-corrected chi connectivity index (χ4v) is 3.30. The summed E-state index contributed by atoms with van der Waals surface area (Å²) in [4.78, 5) is 32.2. The van der Waals surface area contributed by atoms with E-state index in [0.29, 0.717) is 35.2 Å². The maximum atomic E-state index is 12.4. The second kappa shape index (κ2) is 8.22. The van der Waals surface area contributed by atoms with Crippen molar-refractivity contribution in [3.63, 3.8) is 0 Å². The number of guanidine groups is 1. The van der Waals surface area contributed by atoms with Crippen LogP contribution in [-0.4, -0.2) is 54.8 Å². The van der Waals surface area contributed by atoms with Gasteiger partial charge in [0.15, 0.2) is 5.96 Å². The van der Waals surface area contributed by atoms with Crippen molar-refractivity contribution in [1.82, 2.24) is 15.1 Å². The molecule has 7 heteroatoms. The molecule has 0 atom stereocenters. The minimum Gasteiger partial charge on any atom is -0.354 e. The summed E-state index contributed by atoms with van der Waals surface area (Å²) in [6.07, 6.45) is 0. The van der Waals surface area contributed by atoms with Crippen LogP contribution in [0.15, 0.2) is 53.5 Å². The topological polar surface area (TPSA) is 65.0 Å². The van der Waals surface area contributed by atoms with Gasteiger partial charge in [0.2, 0.25) is 0 Å². The van der Waals surface area contributed by atoms with Crippen LogP contribution in [0.2, 0.25) is 5.02 Å². The zero-order chi connectivity index (χ0) is 19.4. The molecule has 1 aliphatic rings. The van der Waals surface area contributed by atoms with Gasteiger partial charge in [-0.2, -0.15) is 0 Å². The molecule has 0 aliphatic carbocycles. The Morgan fingerprint density at radius 3 is 2.37 bits per heavy atom. The number of amides is 2. The normalized spacial score (nSPS) is 13.7. The van der Waals surface area contributed by atoms with Gasteiger partial charge in [-0.15, -0.1) is 0 Å². The third-order valence-corrected chi connectivity index (χ3v) is 4.61. The molecule has 1 aliphatic heterocycles. The molecule has 0 aromatic heterocycles. The molecule has 0 radical (unpaired) electrons. The minimum absolute atomic E-state index is 0.250. The van der Waals surface area contributed by atoms with Crippen LogP contribution in [0.3, 0.4) is 0 Å². The lowest BCUT2D eigenvalue weighted by atomic mass is 10.1. The van der Waals surface area contributed by atoms with E-state index in [0.717, 1.165) is 5.56 Å². The summed E-state index contributed by atoms with van der Waals surface area (Å²) in [6.45, 7) is 1.32. The number of rotatable bonds is 5. The van der Waals surface area contributed by atoms with E-state index in [4.69, 9.17) is 11.6 Å². The Morgan fingerprint density at radius 1 is 1.11 bits per heavy atom. The van der Waals surface area contributed by atoms with Crippen LogP contribution < -0.4 is 5.32 Å². The van der Waals surface area contributed by atoms with Crippen molar-refractivity contribution in [2.45, 2.75) is 6.54 Å². The summed E-state index contributed by atoms with van der Waals surface area (Å²) in [5.74, 6) is 0.172. The number of hydrogen-bond donors (Lipinski definition) is 1. The third kappa shape index (κ3) is 4.11. The van der Waals surface area contributed by atoms with E-state index < -0.39 is 0 Å². The van der Waals surface area contributed by atoms with Crippen LogP contribution in [0, 0.1) is 0 Å². The van der Waals surface area contributed by atoms with Crippen LogP contribution in [0.25, 0.3) is 0 Å². The fraction of sp³-hybridized carbons (Fsp3) is 0.250. The van der Waals surface area contributed by atoms with Gasteiger partial charge in [0.05, 0.1) is 11.1 Å². The number of aliphatic imine (C=N–C) groups is 1. The highest BCUT2D eigenvalue weighted by molar-refractivity contribution is 6.30. The Morgan fingerprint density at radius 2 is 1.78 bits per heavy atom. The smallest absolute Gasteiger partial charge is 0.261 e. The fourth-order valence-electron chi connectivity index (χ4n) is 3.09. The Balaban J connectivity index is 1.56. The van der Waals surface area contributed by atoms with Gasteiger partial charge in [-0.25, -0.2) is 0 Å². The van der Waals surface area contributed by atoms with Gasteiger partial charge < -0.3 is 10.2 Å². The van der Waals surface area contributed by atoms with E-state index in [9.17, 15) is 9.59 Å². The lowest BCUT2D eigenvalue weighted by Gasteiger charge is -2.23. The Labute approximate surface area is 163 Å². The van der Waals surface area contributed by atoms with Crippen molar-refractivity contribution in [3.8, 4) is 0 Å². The molecule has 2 aromatic carbocycles. The first-order valence-electron chi connectivity index (χ1n) is 8.62. The van der Waals surface area contributed by atoms with Crippen molar-refractivity contribution in [2.75, 3.05) is 27.2 Å². The van der Waals surface area contributed by atoms with Crippen molar-refractivity contribution in [1.29, 1.82) is 0 Å². The number of benzene rings is 2.